The summed E-state index contributed by atoms with van der Waals surface area (Å²) < 4.78 is 5.23. The Balaban J connectivity index is 2.62. The lowest BCUT2D eigenvalue weighted by Gasteiger charge is -2.11. The standard InChI is InChI=1S/C14H10Cl2N2O/c1-19-14-11(7-9(5-6-17)8-18-14)10-3-2-4-12(15)13(10)16/h2-4,7-8H,5H2,1H3. The van der Waals surface area contributed by atoms with Gasteiger partial charge in [0.2, 0.25) is 5.88 Å². The lowest BCUT2D eigenvalue weighted by Crippen LogP contribution is -1.95. The average Bonchev–Trinajstić information content (AvgIpc) is 2.42. The number of hydrogen-bond donors (Lipinski definition) is 0. The zero-order valence-electron chi connectivity index (χ0n) is 10.2. The highest BCUT2D eigenvalue weighted by Gasteiger charge is 2.13. The Labute approximate surface area is 121 Å². The highest BCUT2D eigenvalue weighted by Crippen LogP contribution is 2.37. The number of nitrogens with zero attached hydrogens (tertiary/aromatic N) is 2. The maximum absolute atomic E-state index is 8.75. The van der Waals surface area contributed by atoms with Gasteiger partial charge in [0, 0.05) is 17.3 Å². The Hall–Kier alpha value is -1.76. The van der Waals surface area contributed by atoms with Crippen LogP contribution in [0.3, 0.4) is 0 Å². The van der Waals surface area contributed by atoms with Gasteiger partial charge in [-0.15, -0.1) is 0 Å². The minimum absolute atomic E-state index is 0.280. The quantitative estimate of drug-likeness (QED) is 0.854. The van der Waals surface area contributed by atoms with Gasteiger partial charge in [-0.3, -0.25) is 0 Å². The van der Waals surface area contributed by atoms with Crippen LogP contribution < -0.4 is 4.74 Å². The van der Waals surface area contributed by atoms with E-state index in [4.69, 9.17) is 33.2 Å². The van der Waals surface area contributed by atoms with Gasteiger partial charge in [0.1, 0.15) is 0 Å². The molecule has 1 aromatic carbocycles. The predicted octanol–water partition coefficient (Wildman–Crippen LogP) is 4.13. The second-order valence-electron chi connectivity index (χ2n) is 3.84. The van der Waals surface area contributed by atoms with E-state index in [0.717, 1.165) is 16.7 Å². The maximum Gasteiger partial charge on any atom is 0.221 e. The monoisotopic (exact) mass is 292 g/mol. The van der Waals surface area contributed by atoms with Crippen LogP contribution in [0.5, 0.6) is 5.88 Å². The summed E-state index contributed by atoms with van der Waals surface area (Å²) in [6.07, 6.45) is 1.90. The molecule has 0 amide bonds. The van der Waals surface area contributed by atoms with Crippen LogP contribution in [0.2, 0.25) is 10.0 Å². The van der Waals surface area contributed by atoms with E-state index in [1.54, 1.807) is 18.3 Å². The molecule has 0 fully saturated rings. The Morgan fingerprint density at radius 2 is 2.11 bits per heavy atom. The van der Waals surface area contributed by atoms with E-state index in [1.807, 2.05) is 12.1 Å². The van der Waals surface area contributed by atoms with Crippen LogP contribution in [0.25, 0.3) is 11.1 Å². The number of benzene rings is 1. The minimum atomic E-state index is 0.280. The van der Waals surface area contributed by atoms with Crippen molar-refractivity contribution < 1.29 is 4.74 Å². The topological polar surface area (TPSA) is 45.9 Å². The van der Waals surface area contributed by atoms with Crippen molar-refractivity contribution in [1.82, 2.24) is 4.98 Å². The second kappa shape index (κ2) is 5.92. The van der Waals surface area contributed by atoms with Crippen molar-refractivity contribution >= 4 is 23.2 Å². The highest BCUT2D eigenvalue weighted by atomic mass is 35.5. The van der Waals surface area contributed by atoms with Crippen molar-refractivity contribution in [2.45, 2.75) is 6.42 Å². The Morgan fingerprint density at radius 1 is 1.32 bits per heavy atom. The van der Waals surface area contributed by atoms with Crippen LogP contribution >= 0.6 is 23.2 Å². The number of methoxy groups -OCH3 is 1. The smallest absolute Gasteiger partial charge is 0.221 e. The van der Waals surface area contributed by atoms with Gasteiger partial charge in [0.15, 0.2) is 0 Å². The van der Waals surface area contributed by atoms with Gasteiger partial charge in [-0.1, -0.05) is 35.3 Å². The number of hydrogen-bond acceptors (Lipinski definition) is 3. The van der Waals surface area contributed by atoms with Crippen LogP contribution in [0.4, 0.5) is 0 Å². The summed E-state index contributed by atoms with van der Waals surface area (Å²) >= 11 is 12.2. The Bertz CT molecular complexity index is 650. The molecule has 0 atom stereocenters. The fourth-order valence-electron chi connectivity index (χ4n) is 1.75. The normalized spacial score (nSPS) is 10.0. The first-order valence-corrected chi connectivity index (χ1v) is 6.27. The predicted molar refractivity (Wildman–Crippen MR) is 75.6 cm³/mol. The molecule has 0 saturated carbocycles. The number of ether oxygens (including phenoxy) is 1. The molecule has 1 aromatic heterocycles. The third-order valence-corrected chi connectivity index (χ3v) is 3.44. The van der Waals surface area contributed by atoms with Crippen LogP contribution in [-0.4, -0.2) is 12.1 Å². The molecule has 96 valence electrons. The fourth-order valence-corrected chi connectivity index (χ4v) is 2.15. The summed E-state index contributed by atoms with van der Waals surface area (Å²) in [6.45, 7) is 0. The molecule has 0 radical (unpaired) electrons. The zero-order valence-corrected chi connectivity index (χ0v) is 11.7. The van der Waals surface area contributed by atoms with Crippen molar-refractivity contribution in [3.8, 4) is 23.1 Å². The molecular formula is C14H10Cl2N2O. The SMILES string of the molecule is COc1ncc(CC#N)cc1-c1cccc(Cl)c1Cl. The summed E-state index contributed by atoms with van der Waals surface area (Å²) in [4.78, 5) is 4.19. The van der Waals surface area contributed by atoms with Crippen molar-refractivity contribution in [2.75, 3.05) is 7.11 Å². The van der Waals surface area contributed by atoms with Gasteiger partial charge in [-0.2, -0.15) is 5.26 Å². The lowest BCUT2D eigenvalue weighted by atomic mass is 10.0. The van der Waals surface area contributed by atoms with Crippen molar-refractivity contribution in [2.24, 2.45) is 0 Å². The summed E-state index contributed by atoms with van der Waals surface area (Å²) in [5.41, 5.74) is 2.26. The summed E-state index contributed by atoms with van der Waals surface area (Å²) in [7, 11) is 1.54. The third-order valence-electron chi connectivity index (χ3n) is 2.63. The van der Waals surface area contributed by atoms with Gasteiger partial charge >= 0.3 is 0 Å². The molecular weight excluding hydrogens is 283 g/mol. The number of aromatic nitrogens is 1. The first kappa shape index (κ1) is 13.7. The molecule has 0 bridgehead atoms. The van der Waals surface area contributed by atoms with E-state index in [-0.39, 0.29) is 6.42 Å². The van der Waals surface area contributed by atoms with Crippen molar-refractivity contribution in [1.29, 1.82) is 5.26 Å². The zero-order chi connectivity index (χ0) is 13.8. The molecule has 5 heteroatoms. The molecule has 0 aliphatic rings. The number of rotatable bonds is 3. The Kier molecular flexibility index (Phi) is 4.26. The number of nitriles is 1. The van der Waals surface area contributed by atoms with Gasteiger partial charge in [-0.05, 0) is 17.7 Å². The first-order valence-electron chi connectivity index (χ1n) is 5.51. The second-order valence-corrected chi connectivity index (χ2v) is 4.62. The van der Waals surface area contributed by atoms with Gasteiger partial charge in [0.05, 0.1) is 29.6 Å². The summed E-state index contributed by atoms with van der Waals surface area (Å²) in [6, 6.07) is 9.28. The van der Waals surface area contributed by atoms with Gasteiger partial charge in [0.25, 0.3) is 0 Å². The van der Waals surface area contributed by atoms with E-state index in [9.17, 15) is 0 Å². The molecule has 1 heterocycles. The maximum atomic E-state index is 8.75. The number of halogens is 2. The third kappa shape index (κ3) is 2.81. The van der Waals surface area contributed by atoms with E-state index < -0.39 is 0 Å². The molecule has 0 spiro atoms. The molecule has 3 nitrogen and oxygen atoms in total. The molecule has 19 heavy (non-hydrogen) atoms. The van der Waals surface area contributed by atoms with Gasteiger partial charge in [-0.25, -0.2) is 4.98 Å². The largest absolute Gasteiger partial charge is 0.481 e. The molecule has 0 unspecified atom stereocenters. The van der Waals surface area contributed by atoms with Crippen LogP contribution in [-0.2, 0) is 6.42 Å². The molecule has 0 aliphatic carbocycles. The minimum Gasteiger partial charge on any atom is -0.481 e. The van der Waals surface area contributed by atoms with Crippen molar-refractivity contribution in [3.05, 3.63) is 46.1 Å². The summed E-state index contributed by atoms with van der Waals surface area (Å²) in [5, 5.41) is 9.66. The molecule has 0 aliphatic heterocycles. The average molecular weight is 293 g/mol. The van der Waals surface area contributed by atoms with Crippen LogP contribution in [0.1, 0.15) is 5.56 Å². The highest BCUT2D eigenvalue weighted by molar-refractivity contribution is 6.43. The van der Waals surface area contributed by atoms with Crippen LogP contribution in [0, 0.1) is 11.3 Å². The van der Waals surface area contributed by atoms with Crippen LogP contribution in [0.15, 0.2) is 30.5 Å². The fraction of sp³-hybridized carbons (Fsp3) is 0.143. The van der Waals surface area contributed by atoms with E-state index in [1.165, 1.54) is 7.11 Å². The number of pyridine rings is 1. The lowest BCUT2D eigenvalue weighted by molar-refractivity contribution is 0.399. The molecule has 0 N–H and O–H groups in total. The molecule has 2 aromatic rings. The molecule has 2 rings (SSSR count). The first-order chi connectivity index (χ1) is 9.17. The van der Waals surface area contributed by atoms with Gasteiger partial charge < -0.3 is 4.74 Å². The van der Waals surface area contributed by atoms with E-state index in [2.05, 4.69) is 11.1 Å². The van der Waals surface area contributed by atoms with E-state index in [0.29, 0.717) is 15.9 Å². The van der Waals surface area contributed by atoms with E-state index >= 15 is 0 Å². The van der Waals surface area contributed by atoms with Crippen molar-refractivity contribution in [3.63, 3.8) is 0 Å². The Morgan fingerprint density at radius 3 is 2.79 bits per heavy atom. The molecule has 0 saturated heterocycles. The summed E-state index contributed by atoms with van der Waals surface area (Å²) in [5.74, 6) is 0.450.